The molecule has 104 valence electrons. The van der Waals surface area contributed by atoms with Crippen LogP contribution in [0.1, 0.15) is 31.4 Å². The van der Waals surface area contributed by atoms with Gasteiger partial charge in [-0.2, -0.15) is 11.8 Å². The summed E-state index contributed by atoms with van der Waals surface area (Å²) in [5.41, 5.74) is 1.19. The Morgan fingerprint density at radius 1 is 1.53 bits per heavy atom. The van der Waals surface area contributed by atoms with Crippen molar-refractivity contribution in [2.75, 3.05) is 25.2 Å². The predicted molar refractivity (Wildman–Crippen MR) is 79.7 cm³/mol. The molecule has 1 aromatic carbocycles. The van der Waals surface area contributed by atoms with Crippen molar-refractivity contribution in [2.45, 2.75) is 25.8 Å². The van der Waals surface area contributed by atoms with Gasteiger partial charge in [0.05, 0.1) is 18.9 Å². The van der Waals surface area contributed by atoms with E-state index in [2.05, 4.69) is 13.0 Å². The number of rotatable bonds is 5. The predicted octanol–water partition coefficient (Wildman–Crippen LogP) is 3.11. The van der Waals surface area contributed by atoms with E-state index in [0.29, 0.717) is 5.75 Å². The van der Waals surface area contributed by atoms with E-state index in [1.807, 2.05) is 23.1 Å². The summed E-state index contributed by atoms with van der Waals surface area (Å²) < 4.78 is 5.27. The highest BCUT2D eigenvalue weighted by atomic mass is 32.2. The van der Waals surface area contributed by atoms with E-state index in [1.54, 1.807) is 18.9 Å². The van der Waals surface area contributed by atoms with Gasteiger partial charge in [0.2, 0.25) is 5.91 Å². The second-order valence-corrected chi connectivity index (χ2v) is 5.93. The molecule has 0 aromatic heterocycles. The standard InChI is InChI=1S/C15H21NO2S/c1-3-19-11-15(17)16-9-5-8-14(16)12-6-4-7-13(10-12)18-2/h4,6-7,10,14H,3,5,8-9,11H2,1-2H3/t14-/m1/s1. The lowest BCUT2D eigenvalue weighted by molar-refractivity contribution is -0.129. The van der Waals surface area contributed by atoms with Crippen LogP contribution in [-0.2, 0) is 4.79 Å². The zero-order chi connectivity index (χ0) is 13.7. The van der Waals surface area contributed by atoms with Gasteiger partial charge >= 0.3 is 0 Å². The van der Waals surface area contributed by atoms with Gasteiger partial charge in [-0.1, -0.05) is 19.1 Å². The summed E-state index contributed by atoms with van der Waals surface area (Å²) >= 11 is 1.69. The van der Waals surface area contributed by atoms with E-state index in [4.69, 9.17) is 4.74 Å². The fourth-order valence-electron chi connectivity index (χ4n) is 2.53. The maximum atomic E-state index is 12.2. The third-order valence-electron chi connectivity index (χ3n) is 3.48. The van der Waals surface area contributed by atoms with Crippen molar-refractivity contribution < 1.29 is 9.53 Å². The molecule has 0 aliphatic carbocycles. The number of hydrogen-bond donors (Lipinski definition) is 0. The van der Waals surface area contributed by atoms with Gasteiger partial charge in [-0.05, 0) is 36.3 Å². The van der Waals surface area contributed by atoms with E-state index in [9.17, 15) is 4.79 Å². The Kier molecular flexibility index (Phi) is 5.14. The molecule has 3 nitrogen and oxygen atoms in total. The normalized spacial score (nSPS) is 18.6. The summed E-state index contributed by atoms with van der Waals surface area (Å²) in [6, 6.07) is 8.29. The molecule has 0 saturated carbocycles. The maximum absolute atomic E-state index is 12.2. The highest BCUT2D eigenvalue weighted by molar-refractivity contribution is 7.99. The number of carbonyl (C=O) groups excluding carboxylic acids is 1. The number of hydrogen-bond acceptors (Lipinski definition) is 3. The first kappa shape index (κ1) is 14.3. The molecule has 1 aliphatic heterocycles. The number of carbonyl (C=O) groups is 1. The van der Waals surface area contributed by atoms with Crippen molar-refractivity contribution in [3.63, 3.8) is 0 Å². The van der Waals surface area contributed by atoms with Crippen LogP contribution in [0.3, 0.4) is 0 Å². The molecule has 1 aromatic rings. The molecule has 1 amide bonds. The number of likely N-dealkylation sites (tertiary alicyclic amines) is 1. The molecule has 1 heterocycles. The number of methoxy groups -OCH3 is 1. The van der Waals surface area contributed by atoms with Crippen molar-refractivity contribution >= 4 is 17.7 Å². The first-order chi connectivity index (χ1) is 9.26. The summed E-state index contributed by atoms with van der Waals surface area (Å²) in [7, 11) is 1.68. The van der Waals surface area contributed by atoms with Gasteiger partial charge in [0.1, 0.15) is 5.75 Å². The van der Waals surface area contributed by atoms with E-state index in [-0.39, 0.29) is 11.9 Å². The lowest BCUT2D eigenvalue weighted by atomic mass is 10.0. The Morgan fingerprint density at radius 2 is 2.37 bits per heavy atom. The largest absolute Gasteiger partial charge is 0.497 e. The van der Waals surface area contributed by atoms with E-state index >= 15 is 0 Å². The molecule has 0 N–H and O–H groups in total. The number of thioether (sulfide) groups is 1. The van der Waals surface area contributed by atoms with Crippen molar-refractivity contribution in [3.05, 3.63) is 29.8 Å². The van der Waals surface area contributed by atoms with Crippen molar-refractivity contribution in [1.29, 1.82) is 0 Å². The number of nitrogens with zero attached hydrogens (tertiary/aromatic N) is 1. The van der Waals surface area contributed by atoms with Crippen LogP contribution in [0.2, 0.25) is 0 Å². The molecule has 0 bridgehead atoms. The smallest absolute Gasteiger partial charge is 0.233 e. The second kappa shape index (κ2) is 6.85. The first-order valence-electron chi connectivity index (χ1n) is 6.77. The minimum absolute atomic E-state index is 0.222. The second-order valence-electron chi connectivity index (χ2n) is 4.66. The highest BCUT2D eigenvalue weighted by Gasteiger charge is 2.29. The lowest BCUT2D eigenvalue weighted by Crippen LogP contribution is -2.32. The van der Waals surface area contributed by atoms with Crippen LogP contribution in [0.4, 0.5) is 0 Å². The molecule has 0 unspecified atom stereocenters. The van der Waals surface area contributed by atoms with E-state index < -0.39 is 0 Å². The Balaban J connectivity index is 2.11. The van der Waals surface area contributed by atoms with Crippen LogP contribution >= 0.6 is 11.8 Å². The zero-order valence-corrected chi connectivity index (χ0v) is 12.4. The van der Waals surface area contributed by atoms with Gasteiger partial charge in [0.25, 0.3) is 0 Å². The Hall–Kier alpha value is -1.16. The average molecular weight is 279 g/mol. The minimum atomic E-state index is 0.222. The molecule has 1 fully saturated rings. The SMILES string of the molecule is CCSCC(=O)N1CCC[C@@H]1c1cccc(OC)c1. The molecular formula is C15H21NO2S. The Morgan fingerprint density at radius 3 is 3.11 bits per heavy atom. The Bertz CT molecular complexity index is 436. The van der Waals surface area contributed by atoms with Crippen LogP contribution in [0.5, 0.6) is 5.75 Å². The van der Waals surface area contributed by atoms with Gasteiger partial charge in [-0.25, -0.2) is 0 Å². The molecule has 4 heteroatoms. The summed E-state index contributed by atoms with van der Waals surface area (Å²) in [6.45, 7) is 2.96. The van der Waals surface area contributed by atoms with E-state index in [1.165, 1.54) is 5.56 Å². The van der Waals surface area contributed by atoms with Crippen molar-refractivity contribution in [3.8, 4) is 5.75 Å². The Labute approximate surface area is 119 Å². The van der Waals surface area contributed by atoms with Crippen LogP contribution in [-0.4, -0.2) is 36.0 Å². The van der Waals surface area contributed by atoms with Gasteiger partial charge in [-0.15, -0.1) is 0 Å². The summed E-state index contributed by atoms with van der Waals surface area (Å²) in [5, 5.41) is 0. The number of amides is 1. The van der Waals surface area contributed by atoms with Gasteiger partial charge in [0, 0.05) is 6.54 Å². The quantitative estimate of drug-likeness (QED) is 0.829. The monoisotopic (exact) mass is 279 g/mol. The highest BCUT2D eigenvalue weighted by Crippen LogP contribution is 2.33. The van der Waals surface area contributed by atoms with Crippen molar-refractivity contribution in [1.82, 2.24) is 4.90 Å². The molecular weight excluding hydrogens is 258 g/mol. The van der Waals surface area contributed by atoms with Gasteiger partial charge in [-0.3, -0.25) is 4.79 Å². The van der Waals surface area contributed by atoms with Crippen LogP contribution in [0, 0.1) is 0 Å². The molecule has 1 aliphatic rings. The molecule has 0 spiro atoms. The fourth-order valence-corrected chi connectivity index (χ4v) is 3.08. The molecule has 1 saturated heterocycles. The first-order valence-corrected chi connectivity index (χ1v) is 7.93. The topological polar surface area (TPSA) is 29.5 Å². The van der Waals surface area contributed by atoms with Crippen LogP contribution in [0.15, 0.2) is 24.3 Å². The van der Waals surface area contributed by atoms with Crippen LogP contribution in [0.25, 0.3) is 0 Å². The summed E-state index contributed by atoms with van der Waals surface area (Å²) in [5.74, 6) is 2.71. The molecule has 1 atom stereocenters. The number of benzene rings is 1. The zero-order valence-electron chi connectivity index (χ0n) is 11.6. The third kappa shape index (κ3) is 3.44. The number of ether oxygens (including phenoxy) is 1. The lowest BCUT2D eigenvalue weighted by Gasteiger charge is -2.25. The van der Waals surface area contributed by atoms with Gasteiger partial charge in [0.15, 0.2) is 0 Å². The summed E-state index contributed by atoms with van der Waals surface area (Å²) in [4.78, 5) is 14.2. The van der Waals surface area contributed by atoms with E-state index in [0.717, 1.165) is 30.9 Å². The minimum Gasteiger partial charge on any atom is -0.497 e. The van der Waals surface area contributed by atoms with Gasteiger partial charge < -0.3 is 9.64 Å². The third-order valence-corrected chi connectivity index (χ3v) is 4.34. The van der Waals surface area contributed by atoms with Crippen molar-refractivity contribution in [2.24, 2.45) is 0 Å². The molecule has 2 rings (SSSR count). The molecule has 0 radical (unpaired) electrons. The molecule has 19 heavy (non-hydrogen) atoms. The average Bonchev–Trinajstić information content (AvgIpc) is 2.94. The van der Waals surface area contributed by atoms with Crippen LogP contribution < -0.4 is 4.74 Å². The fraction of sp³-hybridized carbons (Fsp3) is 0.533. The maximum Gasteiger partial charge on any atom is 0.233 e. The summed E-state index contributed by atoms with van der Waals surface area (Å²) in [6.07, 6.45) is 2.14.